The fraction of sp³-hybridized carbons (Fsp3) is 0.812. The lowest BCUT2D eigenvalue weighted by atomic mass is 10.0. The molecule has 0 spiro atoms. The van der Waals surface area contributed by atoms with E-state index in [4.69, 9.17) is 4.74 Å². The van der Waals surface area contributed by atoms with Crippen LogP contribution in [0.3, 0.4) is 0 Å². The van der Waals surface area contributed by atoms with Gasteiger partial charge in [0.2, 0.25) is 0 Å². The molecular formula is C16H27N3O. The maximum atomic E-state index is 5.93. The summed E-state index contributed by atoms with van der Waals surface area (Å²) in [5, 5.41) is 4.60. The second kappa shape index (κ2) is 5.86. The molecule has 4 heteroatoms. The Kier molecular flexibility index (Phi) is 4.13. The van der Waals surface area contributed by atoms with Gasteiger partial charge < -0.3 is 4.74 Å². The molecule has 3 rings (SSSR count). The fourth-order valence-electron chi connectivity index (χ4n) is 3.86. The summed E-state index contributed by atoms with van der Waals surface area (Å²) in [6.45, 7) is 7.60. The normalized spacial score (nSPS) is 28.1. The molecule has 112 valence electrons. The Morgan fingerprint density at radius 1 is 1.20 bits per heavy atom. The Hall–Kier alpha value is -0.870. The fourth-order valence-corrected chi connectivity index (χ4v) is 3.86. The highest BCUT2D eigenvalue weighted by Gasteiger charge is 2.32. The maximum absolute atomic E-state index is 5.93. The minimum Gasteiger partial charge on any atom is -0.377 e. The van der Waals surface area contributed by atoms with Gasteiger partial charge in [-0.25, -0.2) is 0 Å². The van der Waals surface area contributed by atoms with Gasteiger partial charge in [-0.05, 0) is 52.5 Å². The third-order valence-electron chi connectivity index (χ3n) is 4.97. The molecule has 0 radical (unpaired) electrons. The number of ether oxygens (including phenoxy) is 1. The summed E-state index contributed by atoms with van der Waals surface area (Å²) in [4.78, 5) is 2.63. The van der Waals surface area contributed by atoms with Crippen LogP contribution in [0.2, 0.25) is 0 Å². The summed E-state index contributed by atoms with van der Waals surface area (Å²) >= 11 is 0. The summed E-state index contributed by atoms with van der Waals surface area (Å²) in [6, 6.07) is 0.550. The number of rotatable bonds is 3. The van der Waals surface area contributed by atoms with E-state index in [9.17, 15) is 0 Å². The van der Waals surface area contributed by atoms with Crippen molar-refractivity contribution in [1.29, 1.82) is 0 Å². The highest BCUT2D eigenvalue weighted by Crippen LogP contribution is 2.36. The van der Waals surface area contributed by atoms with Crippen LogP contribution in [0.25, 0.3) is 0 Å². The van der Waals surface area contributed by atoms with Crippen molar-refractivity contribution in [2.45, 2.75) is 58.1 Å². The maximum Gasteiger partial charge on any atom is 0.0702 e. The quantitative estimate of drug-likeness (QED) is 0.851. The second-order valence-electron chi connectivity index (χ2n) is 6.35. The van der Waals surface area contributed by atoms with E-state index in [-0.39, 0.29) is 0 Å². The van der Waals surface area contributed by atoms with Crippen LogP contribution >= 0.6 is 0 Å². The van der Waals surface area contributed by atoms with Crippen LogP contribution in [-0.4, -0.2) is 40.5 Å². The molecule has 0 bridgehead atoms. The van der Waals surface area contributed by atoms with E-state index in [1.807, 2.05) is 4.68 Å². The number of likely N-dealkylation sites (tertiary alicyclic amines) is 1. The smallest absolute Gasteiger partial charge is 0.0702 e. The predicted octanol–water partition coefficient (Wildman–Crippen LogP) is 2.74. The topological polar surface area (TPSA) is 30.3 Å². The summed E-state index contributed by atoms with van der Waals surface area (Å²) in [7, 11) is 2.05. The van der Waals surface area contributed by atoms with Gasteiger partial charge in [0.05, 0.1) is 11.8 Å². The van der Waals surface area contributed by atoms with Crippen LogP contribution in [0.4, 0.5) is 0 Å². The van der Waals surface area contributed by atoms with E-state index in [0.717, 1.165) is 13.2 Å². The van der Waals surface area contributed by atoms with Gasteiger partial charge in [0.1, 0.15) is 0 Å². The van der Waals surface area contributed by atoms with E-state index in [1.165, 1.54) is 55.6 Å². The molecule has 2 aliphatic heterocycles. The van der Waals surface area contributed by atoms with Gasteiger partial charge in [-0.3, -0.25) is 9.58 Å². The minimum absolute atomic E-state index is 0.446. The third-order valence-corrected chi connectivity index (χ3v) is 4.97. The molecule has 2 atom stereocenters. The van der Waals surface area contributed by atoms with Gasteiger partial charge in [-0.15, -0.1) is 0 Å². The third kappa shape index (κ3) is 2.63. The first-order valence-electron chi connectivity index (χ1n) is 8.02. The Morgan fingerprint density at radius 2 is 2.05 bits per heavy atom. The molecule has 2 fully saturated rings. The first-order chi connectivity index (χ1) is 9.66. The van der Waals surface area contributed by atoms with Gasteiger partial charge in [-0.2, -0.15) is 5.10 Å². The number of hydrogen-bond donors (Lipinski definition) is 0. The SMILES string of the molecule is Cc1nn(C)c(C)c1[C@H]1CCCN1C[C@@H]1CCCCO1. The van der Waals surface area contributed by atoms with Crippen molar-refractivity contribution in [1.82, 2.24) is 14.7 Å². The Bertz CT molecular complexity index is 463. The zero-order valence-electron chi connectivity index (χ0n) is 13.1. The molecule has 2 saturated heterocycles. The number of aryl methyl sites for hydroxylation is 2. The molecule has 0 amide bonds. The molecule has 20 heavy (non-hydrogen) atoms. The van der Waals surface area contributed by atoms with Gasteiger partial charge in [0.25, 0.3) is 0 Å². The van der Waals surface area contributed by atoms with Gasteiger partial charge >= 0.3 is 0 Å². The lowest BCUT2D eigenvalue weighted by Gasteiger charge is -2.31. The lowest BCUT2D eigenvalue weighted by molar-refractivity contribution is -0.00814. The molecule has 1 aromatic heterocycles. The van der Waals surface area contributed by atoms with E-state index in [2.05, 4.69) is 30.9 Å². The van der Waals surface area contributed by atoms with E-state index in [1.54, 1.807) is 0 Å². The predicted molar refractivity (Wildman–Crippen MR) is 79.8 cm³/mol. The Morgan fingerprint density at radius 3 is 2.70 bits per heavy atom. The molecular weight excluding hydrogens is 250 g/mol. The molecule has 4 nitrogen and oxygen atoms in total. The second-order valence-corrected chi connectivity index (χ2v) is 6.35. The molecule has 0 saturated carbocycles. The zero-order valence-corrected chi connectivity index (χ0v) is 13.1. The molecule has 3 heterocycles. The molecule has 0 unspecified atom stereocenters. The van der Waals surface area contributed by atoms with Crippen LogP contribution in [0.5, 0.6) is 0 Å². The zero-order chi connectivity index (χ0) is 14.1. The summed E-state index contributed by atoms with van der Waals surface area (Å²) in [6.07, 6.45) is 6.80. The highest BCUT2D eigenvalue weighted by atomic mass is 16.5. The van der Waals surface area contributed by atoms with Crippen LogP contribution in [-0.2, 0) is 11.8 Å². The number of aromatic nitrogens is 2. The number of nitrogens with zero attached hydrogens (tertiary/aromatic N) is 3. The van der Waals surface area contributed by atoms with Crippen molar-refractivity contribution in [3.05, 3.63) is 17.0 Å². The van der Waals surface area contributed by atoms with Crippen molar-refractivity contribution in [3.8, 4) is 0 Å². The van der Waals surface area contributed by atoms with Crippen molar-refractivity contribution < 1.29 is 4.74 Å². The van der Waals surface area contributed by atoms with Crippen LogP contribution in [0, 0.1) is 13.8 Å². The van der Waals surface area contributed by atoms with Crippen LogP contribution in [0.15, 0.2) is 0 Å². The first kappa shape index (κ1) is 14.1. The van der Waals surface area contributed by atoms with Crippen LogP contribution in [0.1, 0.15) is 55.1 Å². The van der Waals surface area contributed by atoms with Gasteiger partial charge in [0.15, 0.2) is 0 Å². The molecule has 0 N–H and O–H groups in total. The summed E-state index contributed by atoms with van der Waals surface area (Å²) in [5.41, 5.74) is 3.98. The standard InChI is InChI=1S/C16H27N3O/c1-12-16(13(2)18(3)17-12)15-8-6-9-19(15)11-14-7-4-5-10-20-14/h14-15H,4-11H2,1-3H3/t14-,15+/m0/s1. The van der Waals surface area contributed by atoms with Gasteiger partial charge in [0, 0.05) is 37.5 Å². The lowest BCUT2D eigenvalue weighted by Crippen LogP contribution is -2.35. The van der Waals surface area contributed by atoms with Crippen molar-refractivity contribution in [2.75, 3.05) is 19.7 Å². The molecule has 0 aliphatic carbocycles. The first-order valence-corrected chi connectivity index (χ1v) is 8.02. The van der Waals surface area contributed by atoms with E-state index < -0.39 is 0 Å². The Labute approximate surface area is 122 Å². The number of hydrogen-bond acceptors (Lipinski definition) is 3. The summed E-state index contributed by atoms with van der Waals surface area (Å²) in [5.74, 6) is 0. The molecule has 1 aromatic rings. The van der Waals surface area contributed by atoms with E-state index >= 15 is 0 Å². The van der Waals surface area contributed by atoms with Crippen molar-refractivity contribution in [2.24, 2.45) is 7.05 Å². The van der Waals surface area contributed by atoms with Gasteiger partial charge in [-0.1, -0.05) is 0 Å². The summed E-state index contributed by atoms with van der Waals surface area (Å²) < 4.78 is 7.95. The Balaban J connectivity index is 1.74. The monoisotopic (exact) mass is 277 g/mol. The van der Waals surface area contributed by atoms with Crippen molar-refractivity contribution in [3.63, 3.8) is 0 Å². The van der Waals surface area contributed by atoms with Crippen molar-refractivity contribution >= 4 is 0 Å². The average molecular weight is 277 g/mol. The largest absolute Gasteiger partial charge is 0.377 e. The molecule has 0 aromatic carbocycles. The average Bonchev–Trinajstić information content (AvgIpc) is 2.97. The highest BCUT2D eigenvalue weighted by molar-refractivity contribution is 5.29. The van der Waals surface area contributed by atoms with Crippen LogP contribution < -0.4 is 0 Å². The molecule has 2 aliphatic rings. The van der Waals surface area contributed by atoms with E-state index in [0.29, 0.717) is 12.1 Å². The minimum atomic E-state index is 0.446.